The molecule has 1 heterocycles. The molecule has 0 spiro atoms. The van der Waals surface area contributed by atoms with Gasteiger partial charge in [0.25, 0.3) is 5.91 Å². The molecule has 0 aromatic carbocycles. The normalized spacial score (nSPS) is 9.74. The molecule has 0 saturated carbocycles. The standard InChI is InChI=1S/C12H20N4O.2ClH/c1-9(2)16(3)7-6-15-12(17)10-8-14-5-4-11(10)13;;/h4-5,8-9H,6-7H2,1-3H3,(H2,13,14)(H,15,17);2*1H. The molecule has 0 radical (unpaired) electrons. The third-order valence-electron chi connectivity index (χ3n) is 2.73. The number of carbonyl (C=O) groups is 1. The van der Waals surface area contributed by atoms with Gasteiger partial charge in [0.15, 0.2) is 0 Å². The Morgan fingerprint density at radius 3 is 2.63 bits per heavy atom. The number of aromatic nitrogens is 1. The van der Waals surface area contributed by atoms with Gasteiger partial charge >= 0.3 is 0 Å². The number of nitrogens with one attached hydrogen (secondary N) is 1. The molecule has 5 nitrogen and oxygen atoms in total. The molecule has 0 unspecified atom stereocenters. The summed E-state index contributed by atoms with van der Waals surface area (Å²) in [6.07, 6.45) is 3.05. The monoisotopic (exact) mass is 308 g/mol. The average molecular weight is 309 g/mol. The first-order valence-corrected chi connectivity index (χ1v) is 5.70. The molecule has 0 atom stereocenters. The molecular formula is C12H22Cl2N4O. The Labute approximate surface area is 126 Å². The largest absolute Gasteiger partial charge is 0.398 e. The summed E-state index contributed by atoms with van der Waals surface area (Å²) in [7, 11) is 2.02. The van der Waals surface area contributed by atoms with Crippen LogP contribution < -0.4 is 11.1 Å². The van der Waals surface area contributed by atoms with Crippen molar-refractivity contribution in [3.63, 3.8) is 0 Å². The smallest absolute Gasteiger partial charge is 0.254 e. The number of likely N-dealkylation sites (N-methyl/N-ethyl adjacent to an activating group) is 1. The summed E-state index contributed by atoms with van der Waals surface area (Å²) in [6.45, 7) is 5.63. The Morgan fingerprint density at radius 1 is 1.47 bits per heavy atom. The van der Waals surface area contributed by atoms with E-state index in [4.69, 9.17) is 5.73 Å². The summed E-state index contributed by atoms with van der Waals surface area (Å²) in [5, 5.41) is 2.82. The minimum absolute atomic E-state index is 0. The molecule has 0 fully saturated rings. The summed E-state index contributed by atoms with van der Waals surface area (Å²) in [4.78, 5) is 17.8. The Kier molecular flexibility index (Phi) is 10.5. The quantitative estimate of drug-likeness (QED) is 0.866. The molecule has 0 aliphatic heterocycles. The molecular weight excluding hydrogens is 287 g/mol. The summed E-state index contributed by atoms with van der Waals surface area (Å²) in [5.41, 5.74) is 6.57. The van der Waals surface area contributed by atoms with Gasteiger partial charge in [0.1, 0.15) is 0 Å². The lowest BCUT2D eigenvalue weighted by Gasteiger charge is -2.20. The predicted molar refractivity (Wildman–Crippen MR) is 83.2 cm³/mol. The minimum Gasteiger partial charge on any atom is -0.398 e. The molecule has 0 bridgehead atoms. The van der Waals surface area contributed by atoms with Gasteiger partial charge in [-0.3, -0.25) is 9.78 Å². The number of hydrogen-bond acceptors (Lipinski definition) is 4. The maximum absolute atomic E-state index is 11.8. The van der Waals surface area contributed by atoms with Crippen molar-refractivity contribution in [3.05, 3.63) is 24.0 Å². The van der Waals surface area contributed by atoms with Gasteiger partial charge in [0.2, 0.25) is 0 Å². The van der Waals surface area contributed by atoms with Crippen LogP contribution in [0.25, 0.3) is 0 Å². The first kappa shape index (κ1) is 20.3. The number of amides is 1. The van der Waals surface area contributed by atoms with Gasteiger partial charge in [0, 0.05) is 37.2 Å². The molecule has 1 aromatic heterocycles. The van der Waals surface area contributed by atoms with Crippen LogP contribution in [0.3, 0.4) is 0 Å². The van der Waals surface area contributed by atoms with Crippen molar-refractivity contribution in [3.8, 4) is 0 Å². The Morgan fingerprint density at radius 2 is 2.11 bits per heavy atom. The number of hydrogen-bond donors (Lipinski definition) is 2. The molecule has 19 heavy (non-hydrogen) atoms. The van der Waals surface area contributed by atoms with E-state index in [1.165, 1.54) is 6.20 Å². The number of rotatable bonds is 5. The van der Waals surface area contributed by atoms with E-state index in [2.05, 4.69) is 29.0 Å². The van der Waals surface area contributed by atoms with Gasteiger partial charge in [-0.05, 0) is 27.0 Å². The van der Waals surface area contributed by atoms with Gasteiger partial charge in [-0.2, -0.15) is 0 Å². The van der Waals surface area contributed by atoms with E-state index < -0.39 is 0 Å². The second-order valence-corrected chi connectivity index (χ2v) is 4.29. The van der Waals surface area contributed by atoms with Crippen LogP contribution in [0, 0.1) is 0 Å². The number of nitrogens with zero attached hydrogens (tertiary/aromatic N) is 2. The summed E-state index contributed by atoms with van der Waals surface area (Å²) >= 11 is 0. The predicted octanol–water partition coefficient (Wildman–Crippen LogP) is 1.58. The molecule has 0 aliphatic carbocycles. The van der Waals surface area contributed by atoms with Crippen molar-refractivity contribution >= 4 is 36.4 Å². The lowest BCUT2D eigenvalue weighted by Crippen LogP contribution is -2.36. The number of pyridine rings is 1. The maximum atomic E-state index is 11.8. The zero-order valence-electron chi connectivity index (χ0n) is 11.4. The third-order valence-corrected chi connectivity index (χ3v) is 2.73. The Bertz CT molecular complexity index is 388. The highest BCUT2D eigenvalue weighted by molar-refractivity contribution is 5.98. The van der Waals surface area contributed by atoms with E-state index in [-0.39, 0.29) is 30.7 Å². The number of carbonyl (C=O) groups excluding carboxylic acids is 1. The fourth-order valence-electron chi connectivity index (χ4n) is 1.29. The van der Waals surface area contributed by atoms with E-state index in [9.17, 15) is 4.79 Å². The van der Waals surface area contributed by atoms with Crippen LogP contribution in [0.15, 0.2) is 18.5 Å². The average Bonchev–Trinajstić information content (AvgIpc) is 2.29. The van der Waals surface area contributed by atoms with Crippen LogP contribution in [-0.2, 0) is 0 Å². The number of anilines is 1. The SMILES string of the molecule is CC(C)N(C)CCNC(=O)c1cnccc1N.Cl.Cl. The summed E-state index contributed by atoms with van der Waals surface area (Å²) in [5.74, 6) is -0.173. The Hall–Kier alpha value is -1.04. The molecule has 3 N–H and O–H groups in total. The van der Waals surface area contributed by atoms with Gasteiger partial charge < -0.3 is 16.0 Å². The highest BCUT2D eigenvalue weighted by Gasteiger charge is 2.09. The topological polar surface area (TPSA) is 71.2 Å². The highest BCUT2D eigenvalue weighted by Crippen LogP contribution is 2.07. The molecule has 1 amide bonds. The van der Waals surface area contributed by atoms with Crippen LogP contribution in [0.4, 0.5) is 5.69 Å². The van der Waals surface area contributed by atoms with Crippen LogP contribution in [-0.4, -0.2) is 42.0 Å². The van der Waals surface area contributed by atoms with Gasteiger partial charge in [-0.25, -0.2) is 0 Å². The van der Waals surface area contributed by atoms with E-state index in [0.717, 1.165) is 6.54 Å². The molecule has 110 valence electrons. The first-order valence-electron chi connectivity index (χ1n) is 5.70. The van der Waals surface area contributed by atoms with E-state index in [1.807, 2.05) is 7.05 Å². The lowest BCUT2D eigenvalue weighted by molar-refractivity contribution is 0.0948. The van der Waals surface area contributed by atoms with Crippen LogP contribution in [0.5, 0.6) is 0 Å². The number of nitrogens with two attached hydrogens (primary N) is 1. The van der Waals surface area contributed by atoms with Crippen LogP contribution in [0.2, 0.25) is 0 Å². The van der Waals surface area contributed by atoms with E-state index in [1.54, 1.807) is 12.3 Å². The van der Waals surface area contributed by atoms with Crippen molar-refractivity contribution in [1.82, 2.24) is 15.2 Å². The number of nitrogen functional groups attached to an aromatic ring is 1. The van der Waals surface area contributed by atoms with Crippen molar-refractivity contribution in [2.75, 3.05) is 25.9 Å². The van der Waals surface area contributed by atoms with Gasteiger partial charge in [-0.15, -0.1) is 24.8 Å². The zero-order valence-corrected chi connectivity index (χ0v) is 13.1. The van der Waals surface area contributed by atoms with Crippen molar-refractivity contribution in [1.29, 1.82) is 0 Å². The van der Waals surface area contributed by atoms with Gasteiger partial charge in [-0.1, -0.05) is 0 Å². The van der Waals surface area contributed by atoms with Crippen LogP contribution in [0.1, 0.15) is 24.2 Å². The third kappa shape index (κ3) is 6.61. The fourth-order valence-corrected chi connectivity index (χ4v) is 1.29. The molecule has 7 heteroatoms. The maximum Gasteiger partial charge on any atom is 0.254 e. The minimum atomic E-state index is -0.173. The van der Waals surface area contributed by atoms with Crippen molar-refractivity contribution in [2.45, 2.75) is 19.9 Å². The fraction of sp³-hybridized carbons (Fsp3) is 0.500. The zero-order chi connectivity index (χ0) is 12.8. The second-order valence-electron chi connectivity index (χ2n) is 4.29. The van der Waals surface area contributed by atoms with Crippen molar-refractivity contribution < 1.29 is 4.79 Å². The lowest BCUT2D eigenvalue weighted by atomic mass is 10.2. The molecule has 1 rings (SSSR count). The summed E-state index contributed by atoms with van der Waals surface area (Å²) < 4.78 is 0. The first-order chi connectivity index (χ1) is 8.02. The van der Waals surface area contributed by atoms with Crippen LogP contribution >= 0.6 is 24.8 Å². The second kappa shape index (κ2) is 9.83. The molecule has 0 aliphatic rings. The van der Waals surface area contributed by atoms with Gasteiger partial charge in [0.05, 0.1) is 5.56 Å². The van der Waals surface area contributed by atoms with E-state index in [0.29, 0.717) is 23.8 Å². The molecule has 0 saturated heterocycles. The molecule has 1 aromatic rings. The summed E-state index contributed by atoms with van der Waals surface area (Å²) in [6, 6.07) is 2.09. The van der Waals surface area contributed by atoms with Crippen molar-refractivity contribution in [2.24, 2.45) is 0 Å². The highest BCUT2D eigenvalue weighted by atomic mass is 35.5. The van der Waals surface area contributed by atoms with E-state index >= 15 is 0 Å². The number of halogens is 2. The Balaban J connectivity index is 0.